The van der Waals surface area contributed by atoms with Crippen molar-refractivity contribution in [3.05, 3.63) is 34.1 Å². The smallest absolute Gasteiger partial charge is 0.124 e. The van der Waals surface area contributed by atoms with Crippen LogP contribution < -0.4 is 0 Å². The number of nitrogens with zero attached hydrogens (tertiary/aromatic N) is 1. The average Bonchev–Trinajstić information content (AvgIpc) is 2.68. The van der Waals surface area contributed by atoms with Gasteiger partial charge in [0.2, 0.25) is 0 Å². The largest absolute Gasteiger partial charge is 0.377 e. The van der Waals surface area contributed by atoms with Crippen LogP contribution in [0.5, 0.6) is 0 Å². The third kappa shape index (κ3) is 3.06. The molecule has 1 fully saturated rings. The van der Waals surface area contributed by atoms with Crippen molar-refractivity contribution in [2.75, 3.05) is 13.7 Å². The third-order valence-electron chi connectivity index (χ3n) is 3.34. The lowest BCUT2D eigenvalue weighted by Crippen LogP contribution is -2.36. The Morgan fingerprint density at radius 2 is 2.29 bits per heavy atom. The highest BCUT2D eigenvalue weighted by molar-refractivity contribution is 9.10. The van der Waals surface area contributed by atoms with Crippen LogP contribution in [0.15, 0.2) is 22.7 Å². The summed E-state index contributed by atoms with van der Waals surface area (Å²) in [5, 5.41) is 0. The van der Waals surface area contributed by atoms with E-state index >= 15 is 0 Å². The van der Waals surface area contributed by atoms with Gasteiger partial charge in [-0.3, -0.25) is 4.90 Å². The number of hydrogen-bond acceptors (Lipinski definition) is 2. The number of halogens is 2. The first-order valence-corrected chi connectivity index (χ1v) is 6.63. The van der Waals surface area contributed by atoms with Crippen molar-refractivity contribution in [3.8, 4) is 0 Å². The van der Waals surface area contributed by atoms with Gasteiger partial charge in [-0.25, -0.2) is 4.39 Å². The summed E-state index contributed by atoms with van der Waals surface area (Å²) in [6.07, 6.45) is 1.34. The zero-order chi connectivity index (χ0) is 12.4. The van der Waals surface area contributed by atoms with Crippen molar-refractivity contribution in [3.63, 3.8) is 0 Å². The minimum absolute atomic E-state index is 0.208. The molecule has 0 spiro atoms. The molecule has 2 rings (SSSR count). The van der Waals surface area contributed by atoms with E-state index < -0.39 is 0 Å². The average molecular weight is 302 g/mol. The van der Waals surface area contributed by atoms with Gasteiger partial charge in [-0.15, -0.1) is 0 Å². The van der Waals surface area contributed by atoms with E-state index in [9.17, 15) is 4.39 Å². The Morgan fingerprint density at radius 1 is 1.53 bits per heavy atom. The van der Waals surface area contributed by atoms with E-state index in [1.165, 1.54) is 12.1 Å². The summed E-state index contributed by atoms with van der Waals surface area (Å²) in [6, 6.07) is 5.29. The Hall–Kier alpha value is -0.450. The van der Waals surface area contributed by atoms with E-state index in [2.05, 4.69) is 34.8 Å². The molecule has 1 aromatic rings. The zero-order valence-corrected chi connectivity index (χ0v) is 11.7. The second kappa shape index (κ2) is 5.46. The van der Waals surface area contributed by atoms with Crippen LogP contribution in [-0.2, 0) is 11.3 Å². The Labute approximate surface area is 110 Å². The standard InChI is InChI=1S/C13H17BrFNO/c1-9-13(5-6-17-9)16(2)8-10-3-4-11(15)7-12(10)14/h3-4,7,9,13H,5-6,8H2,1-2H3. The van der Waals surface area contributed by atoms with E-state index in [1.54, 1.807) is 0 Å². The van der Waals surface area contributed by atoms with Crippen LogP contribution in [0.2, 0.25) is 0 Å². The molecule has 17 heavy (non-hydrogen) atoms. The van der Waals surface area contributed by atoms with Crippen LogP contribution in [0.1, 0.15) is 18.9 Å². The highest BCUT2D eigenvalue weighted by Gasteiger charge is 2.27. The molecule has 4 heteroatoms. The Balaban J connectivity index is 2.04. The molecule has 1 saturated heterocycles. The van der Waals surface area contributed by atoms with Crippen molar-refractivity contribution >= 4 is 15.9 Å². The fourth-order valence-corrected chi connectivity index (χ4v) is 2.81. The second-order valence-electron chi connectivity index (χ2n) is 4.58. The molecule has 0 bridgehead atoms. The molecular weight excluding hydrogens is 285 g/mol. The fourth-order valence-electron chi connectivity index (χ4n) is 2.34. The van der Waals surface area contributed by atoms with Crippen LogP contribution in [-0.4, -0.2) is 30.7 Å². The molecule has 0 aromatic heterocycles. The first kappa shape index (κ1) is 13.0. The van der Waals surface area contributed by atoms with Gasteiger partial charge in [0.05, 0.1) is 6.10 Å². The normalized spacial score (nSPS) is 24.5. The number of likely N-dealkylation sites (N-methyl/N-ethyl adjacent to an activating group) is 1. The van der Waals surface area contributed by atoms with Gasteiger partial charge in [-0.1, -0.05) is 22.0 Å². The zero-order valence-electron chi connectivity index (χ0n) is 10.1. The first-order valence-electron chi connectivity index (χ1n) is 5.83. The first-order chi connectivity index (χ1) is 8.08. The predicted octanol–water partition coefficient (Wildman–Crippen LogP) is 3.20. The molecule has 0 N–H and O–H groups in total. The minimum atomic E-state index is -0.208. The molecule has 1 heterocycles. The van der Waals surface area contributed by atoms with Gasteiger partial charge in [0.25, 0.3) is 0 Å². The molecule has 1 aromatic carbocycles. The maximum Gasteiger partial charge on any atom is 0.124 e. The molecule has 0 amide bonds. The summed E-state index contributed by atoms with van der Waals surface area (Å²) in [5.74, 6) is -0.208. The molecule has 1 aliphatic rings. The lowest BCUT2D eigenvalue weighted by Gasteiger charge is -2.26. The van der Waals surface area contributed by atoms with Crippen LogP contribution in [0, 0.1) is 5.82 Å². The quantitative estimate of drug-likeness (QED) is 0.850. The van der Waals surface area contributed by atoms with Crippen molar-refractivity contribution in [2.45, 2.75) is 32.0 Å². The van der Waals surface area contributed by atoms with E-state index in [1.807, 2.05) is 6.07 Å². The molecule has 2 unspecified atom stereocenters. The van der Waals surface area contributed by atoms with Crippen molar-refractivity contribution < 1.29 is 9.13 Å². The van der Waals surface area contributed by atoms with Gasteiger partial charge in [-0.05, 0) is 38.1 Å². The molecule has 2 nitrogen and oxygen atoms in total. The van der Waals surface area contributed by atoms with Crippen molar-refractivity contribution in [1.29, 1.82) is 0 Å². The summed E-state index contributed by atoms with van der Waals surface area (Å²) in [5.41, 5.74) is 1.10. The fraction of sp³-hybridized carbons (Fsp3) is 0.538. The number of rotatable bonds is 3. The molecule has 0 aliphatic carbocycles. The van der Waals surface area contributed by atoms with Gasteiger partial charge in [0.1, 0.15) is 5.82 Å². The van der Waals surface area contributed by atoms with E-state index in [4.69, 9.17) is 4.74 Å². The number of hydrogen-bond donors (Lipinski definition) is 0. The summed E-state index contributed by atoms with van der Waals surface area (Å²) >= 11 is 3.40. The topological polar surface area (TPSA) is 12.5 Å². The summed E-state index contributed by atoms with van der Waals surface area (Å²) < 4.78 is 19.4. The molecule has 94 valence electrons. The van der Waals surface area contributed by atoms with Crippen LogP contribution >= 0.6 is 15.9 Å². The van der Waals surface area contributed by atoms with E-state index in [-0.39, 0.29) is 11.9 Å². The monoisotopic (exact) mass is 301 g/mol. The Morgan fingerprint density at radius 3 is 2.88 bits per heavy atom. The van der Waals surface area contributed by atoms with Crippen molar-refractivity contribution in [2.24, 2.45) is 0 Å². The Bertz CT molecular complexity index is 399. The maximum absolute atomic E-state index is 13.0. The number of ether oxygens (including phenoxy) is 1. The lowest BCUT2D eigenvalue weighted by molar-refractivity contribution is 0.0813. The van der Waals surface area contributed by atoms with Crippen LogP contribution in [0.25, 0.3) is 0 Å². The molecule has 0 saturated carbocycles. The summed E-state index contributed by atoms with van der Waals surface area (Å²) in [4.78, 5) is 2.27. The van der Waals surface area contributed by atoms with Gasteiger partial charge in [-0.2, -0.15) is 0 Å². The summed E-state index contributed by atoms with van der Waals surface area (Å²) in [7, 11) is 2.09. The highest BCUT2D eigenvalue weighted by Crippen LogP contribution is 2.23. The van der Waals surface area contributed by atoms with Crippen LogP contribution in [0.3, 0.4) is 0 Å². The second-order valence-corrected chi connectivity index (χ2v) is 5.44. The molecule has 2 atom stereocenters. The molecule has 1 aliphatic heterocycles. The SMILES string of the molecule is CC1OCCC1N(C)Cc1ccc(F)cc1Br. The Kier molecular flexibility index (Phi) is 4.17. The van der Waals surface area contributed by atoms with Gasteiger partial charge in [0.15, 0.2) is 0 Å². The van der Waals surface area contributed by atoms with Gasteiger partial charge < -0.3 is 4.74 Å². The van der Waals surface area contributed by atoms with Crippen LogP contribution in [0.4, 0.5) is 4.39 Å². The highest BCUT2D eigenvalue weighted by atomic mass is 79.9. The maximum atomic E-state index is 13.0. The summed E-state index contributed by atoms with van der Waals surface area (Å²) in [6.45, 7) is 3.74. The third-order valence-corrected chi connectivity index (χ3v) is 4.08. The van der Waals surface area contributed by atoms with Gasteiger partial charge >= 0.3 is 0 Å². The molecule has 0 radical (unpaired) electrons. The lowest BCUT2D eigenvalue weighted by atomic mass is 10.1. The minimum Gasteiger partial charge on any atom is -0.377 e. The van der Waals surface area contributed by atoms with E-state index in [0.29, 0.717) is 6.04 Å². The van der Waals surface area contributed by atoms with Gasteiger partial charge in [0, 0.05) is 23.7 Å². The number of benzene rings is 1. The van der Waals surface area contributed by atoms with Crippen molar-refractivity contribution in [1.82, 2.24) is 4.90 Å². The predicted molar refractivity (Wildman–Crippen MR) is 69.4 cm³/mol. The van der Waals surface area contributed by atoms with E-state index in [0.717, 1.165) is 29.6 Å². The molecular formula is C13H17BrFNO.